The van der Waals surface area contributed by atoms with E-state index in [-0.39, 0.29) is 11.8 Å². The molecule has 1 heterocycles. The number of hydrogen-bond acceptors (Lipinski definition) is 4. The van der Waals surface area contributed by atoms with Crippen molar-refractivity contribution < 1.29 is 14.3 Å². The standard InChI is InChI=1S/C15H15ClN2O3/c1-9-7-12(13(20-2)8-11(9)16)18-14(19)10-5-4-6-17-15(10)21-3/h4-8H,1-3H3,(H,18,19). The van der Waals surface area contributed by atoms with Crippen molar-refractivity contribution in [3.63, 3.8) is 0 Å². The number of aromatic nitrogens is 1. The average Bonchev–Trinajstić information content (AvgIpc) is 2.50. The summed E-state index contributed by atoms with van der Waals surface area (Å²) in [5.41, 5.74) is 1.72. The predicted octanol–water partition coefficient (Wildman–Crippen LogP) is 3.31. The minimum atomic E-state index is -0.333. The molecule has 6 heteroatoms. The molecule has 0 bridgehead atoms. The molecule has 0 saturated heterocycles. The van der Waals surface area contributed by atoms with Crippen LogP contribution in [0.3, 0.4) is 0 Å². The summed E-state index contributed by atoms with van der Waals surface area (Å²) in [6.07, 6.45) is 1.56. The smallest absolute Gasteiger partial charge is 0.261 e. The van der Waals surface area contributed by atoms with E-state index in [2.05, 4.69) is 10.3 Å². The first-order valence-electron chi connectivity index (χ1n) is 6.21. The molecule has 0 aliphatic carbocycles. The summed E-state index contributed by atoms with van der Waals surface area (Å²) >= 11 is 6.04. The van der Waals surface area contributed by atoms with Gasteiger partial charge < -0.3 is 14.8 Å². The monoisotopic (exact) mass is 306 g/mol. The second-order valence-corrected chi connectivity index (χ2v) is 4.72. The normalized spacial score (nSPS) is 10.1. The Bertz CT molecular complexity index is 674. The average molecular weight is 307 g/mol. The number of carbonyl (C=O) groups is 1. The zero-order valence-corrected chi connectivity index (χ0v) is 12.7. The SMILES string of the molecule is COc1cc(Cl)c(C)cc1NC(=O)c1cccnc1OC. The summed E-state index contributed by atoms with van der Waals surface area (Å²) in [5, 5.41) is 3.35. The van der Waals surface area contributed by atoms with Gasteiger partial charge in [-0.15, -0.1) is 0 Å². The molecule has 1 amide bonds. The molecule has 5 nitrogen and oxygen atoms in total. The molecule has 0 atom stereocenters. The van der Waals surface area contributed by atoms with Crippen LogP contribution in [-0.4, -0.2) is 25.1 Å². The lowest BCUT2D eigenvalue weighted by Crippen LogP contribution is -2.14. The topological polar surface area (TPSA) is 60.5 Å². The Morgan fingerprint density at radius 2 is 2.05 bits per heavy atom. The first-order valence-corrected chi connectivity index (χ1v) is 6.59. The lowest BCUT2D eigenvalue weighted by atomic mass is 10.2. The highest BCUT2D eigenvalue weighted by Gasteiger charge is 2.15. The van der Waals surface area contributed by atoms with E-state index in [4.69, 9.17) is 21.1 Å². The largest absolute Gasteiger partial charge is 0.495 e. The number of benzene rings is 1. The van der Waals surface area contributed by atoms with Gasteiger partial charge in [0.05, 0.1) is 19.9 Å². The number of carbonyl (C=O) groups excluding carboxylic acids is 1. The Morgan fingerprint density at radius 1 is 1.29 bits per heavy atom. The van der Waals surface area contributed by atoms with Crippen LogP contribution in [0.25, 0.3) is 0 Å². The maximum absolute atomic E-state index is 12.3. The highest BCUT2D eigenvalue weighted by atomic mass is 35.5. The number of ether oxygens (including phenoxy) is 2. The Kier molecular flexibility index (Phi) is 4.65. The second kappa shape index (κ2) is 6.45. The summed E-state index contributed by atoms with van der Waals surface area (Å²) in [4.78, 5) is 16.3. The first-order chi connectivity index (χ1) is 10.1. The number of nitrogens with one attached hydrogen (secondary N) is 1. The Morgan fingerprint density at radius 3 is 2.71 bits per heavy atom. The van der Waals surface area contributed by atoms with Gasteiger partial charge in [0.15, 0.2) is 0 Å². The molecule has 2 aromatic rings. The Hall–Kier alpha value is -2.27. The molecular formula is C15H15ClN2O3. The number of methoxy groups -OCH3 is 2. The number of rotatable bonds is 4. The molecule has 1 aromatic heterocycles. The first kappa shape index (κ1) is 15.1. The van der Waals surface area contributed by atoms with E-state index in [0.717, 1.165) is 5.56 Å². The molecule has 0 unspecified atom stereocenters. The number of halogens is 1. The van der Waals surface area contributed by atoms with Gasteiger partial charge in [0.2, 0.25) is 5.88 Å². The second-order valence-electron chi connectivity index (χ2n) is 4.32. The molecule has 21 heavy (non-hydrogen) atoms. The molecule has 0 radical (unpaired) electrons. The number of amides is 1. The molecule has 1 aromatic carbocycles. The minimum Gasteiger partial charge on any atom is -0.495 e. The van der Waals surface area contributed by atoms with Crippen molar-refractivity contribution in [3.05, 3.63) is 46.6 Å². The molecule has 1 N–H and O–H groups in total. The van der Waals surface area contributed by atoms with Gasteiger partial charge in [-0.3, -0.25) is 4.79 Å². The van der Waals surface area contributed by atoms with Gasteiger partial charge in [0.25, 0.3) is 5.91 Å². The van der Waals surface area contributed by atoms with Crippen LogP contribution >= 0.6 is 11.6 Å². The Labute approximate surface area is 127 Å². The third-order valence-corrected chi connectivity index (χ3v) is 3.35. The van der Waals surface area contributed by atoms with Crippen molar-refractivity contribution in [1.82, 2.24) is 4.98 Å². The van der Waals surface area contributed by atoms with Gasteiger partial charge in [-0.05, 0) is 30.7 Å². The maximum atomic E-state index is 12.3. The molecule has 0 saturated carbocycles. The third kappa shape index (κ3) is 3.25. The van der Waals surface area contributed by atoms with Crippen LogP contribution in [0.5, 0.6) is 11.6 Å². The van der Waals surface area contributed by atoms with Crippen molar-refractivity contribution >= 4 is 23.2 Å². The quantitative estimate of drug-likeness (QED) is 0.941. The van der Waals surface area contributed by atoms with Gasteiger partial charge >= 0.3 is 0 Å². The van der Waals surface area contributed by atoms with E-state index in [1.54, 1.807) is 30.5 Å². The molecule has 2 rings (SSSR count). The van der Waals surface area contributed by atoms with Crippen molar-refractivity contribution in [1.29, 1.82) is 0 Å². The fourth-order valence-electron chi connectivity index (χ4n) is 1.85. The molecule has 110 valence electrons. The lowest BCUT2D eigenvalue weighted by Gasteiger charge is -2.13. The molecule has 0 aliphatic rings. The van der Waals surface area contributed by atoms with Crippen molar-refractivity contribution in [2.75, 3.05) is 19.5 Å². The van der Waals surface area contributed by atoms with E-state index in [1.807, 2.05) is 6.92 Å². The Balaban J connectivity index is 2.33. The summed E-state index contributed by atoms with van der Waals surface area (Å²) in [6, 6.07) is 6.72. The highest BCUT2D eigenvalue weighted by Crippen LogP contribution is 2.31. The van der Waals surface area contributed by atoms with Gasteiger partial charge in [0, 0.05) is 17.3 Å². The molecular weight excluding hydrogens is 292 g/mol. The van der Waals surface area contributed by atoms with E-state index in [0.29, 0.717) is 22.0 Å². The zero-order valence-electron chi connectivity index (χ0n) is 11.9. The maximum Gasteiger partial charge on any atom is 0.261 e. The number of aryl methyl sites for hydroxylation is 1. The minimum absolute atomic E-state index is 0.264. The van der Waals surface area contributed by atoms with Gasteiger partial charge in [-0.25, -0.2) is 4.98 Å². The fourth-order valence-corrected chi connectivity index (χ4v) is 2.00. The van der Waals surface area contributed by atoms with Crippen molar-refractivity contribution in [3.8, 4) is 11.6 Å². The van der Waals surface area contributed by atoms with Crippen LogP contribution in [0.1, 0.15) is 15.9 Å². The summed E-state index contributed by atoms with van der Waals surface area (Å²) in [6.45, 7) is 1.85. The molecule has 0 spiro atoms. The molecule has 0 aliphatic heterocycles. The van der Waals surface area contributed by atoms with Gasteiger partial charge in [0.1, 0.15) is 11.3 Å². The van der Waals surface area contributed by atoms with Crippen molar-refractivity contribution in [2.45, 2.75) is 6.92 Å². The van der Waals surface area contributed by atoms with Gasteiger partial charge in [-0.1, -0.05) is 11.6 Å². The van der Waals surface area contributed by atoms with Crippen LogP contribution in [0, 0.1) is 6.92 Å². The van der Waals surface area contributed by atoms with E-state index >= 15 is 0 Å². The summed E-state index contributed by atoms with van der Waals surface area (Å²) < 4.78 is 10.3. The third-order valence-electron chi connectivity index (χ3n) is 2.94. The van der Waals surface area contributed by atoms with Crippen molar-refractivity contribution in [2.24, 2.45) is 0 Å². The van der Waals surface area contributed by atoms with Crippen LogP contribution in [0.2, 0.25) is 5.02 Å². The predicted molar refractivity (Wildman–Crippen MR) is 81.5 cm³/mol. The number of nitrogens with zero attached hydrogens (tertiary/aromatic N) is 1. The van der Waals surface area contributed by atoms with E-state index in [9.17, 15) is 4.79 Å². The number of pyridine rings is 1. The van der Waals surface area contributed by atoms with Crippen LogP contribution in [0.4, 0.5) is 5.69 Å². The zero-order chi connectivity index (χ0) is 15.4. The summed E-state index contributed by atoms with van der Waals surface area (Å²) in [7, 11) is 2.98. The van der Waals surface area contributed by atoms with Crippen LogP contribution in [0.15, 0.2) is 30.5 Å². The summed E-state index contributed by atoms with van der Waals surface area (Å²) in [5.74, 6) is 0.418. The number of anilines is 1. The van der Waals surface area contributed by atoms with E-state index < -0.39 is 0 Å². The number of hydrogen-bond donors (Lipinski definition) is 1. The fraction of sp³-hybridized carbons (Fsp3) is 0.200. The lowest BCUT2D eigenvalue weighted by molar-refractivity contribution is 0.102. The van der Waals surface area contributed by atoms with Gasteiger partial charge in [-0.2, -0.15) is 0 Å². The van der Waals surface area contributed by atoms with Crippen LogP contribution in [-0.2, 0) is 0 Å². The van der Waals surface area contributed by atoms with Crippen LogP contribution < -0.4 is 14.8 Å². The molecule has 0 fully saturated rings. The highest BCUT2D eigenvalue weighted by molar-refractivity contribution is 6.31. The van der Waals surface area contributed by atoms with E-state index in [1.165, 1.54) is 14.2 Å².